The van der Waals surface area contributed by atoms with Crippen LogP contribution in [0.5, 0.6) is 0 Å². The first-order valence-corrected chi connectivity index (χ1v) is 6.17. The molecule has 0 aliphatic carbocycles. The Hall–Kier alpha value is -1.42. The summed E-state index contributed by atoms with van der Waals surface area (Å²) in [7, 11) is 2.05. The minimum atomic E-state index is -0.445. The minimum Gasteiger partial charge on any atom is -0.335 e. The van der Waals surface area contributed by atoms with Gasteiger partial charge in [0.1, 0.15) is 5.82 Å². The summed E-state index contributed by atoms with van der Waals surface area (Å²) >= 11 is 0. The lowest BCUT2D eigenvalue weighted by Crippen LogP contribution is -2.58. The van der Waals surface area contributed by atoms with Crippen LogP contribution in [0.1, 0.15) is 24.2 Å². The lowest BCUT2D eigenvalue weighted by Gasteiger charge is -2.45. The highest BCUT2D eigenvalue weighted by Gasteiger charge is 2.34. The van der Waals surface area contributed by atoms with Gasteiger partial charge in [0.25, 0.3) is 5.91 Å². The van der Waals surface area contributed by atoms with Crippen LogP contribution in [-0.4, -0.2) is 47.9 Å². The molecule has 0 unspecified atom stereocenters. The molecule has 1 aromatic rings. The van der Waals surface area contributed by atoms with Gasteiger partial charge in [-0.3, -0.25) is 9.69 Å². The SMILES string of the molecule is CN1CCN(C(=O)c2ccccc2F)CC1(C)C. The van der Waals surface area contributed by atoms with Crippen LogP contribution in [-0.2, 0) is 0 Å². The van der Waals surface area contributed by atoms with Crippen molar-refractivity contribution >= 4 is 5.91 Å². The standard InChI is InChI=1S/C14H19FN2O/c1-14(2)10-17(9-8-16(14)3)13(18)11-6-4-5-7-12(11)15/h4-7H,8-10H2,1-3H3. The van der Waals surface area contributed by atoms with Crippen molar-refractivity contribution in [3.05, 3.63) is 35.6 Å². The van der Waals surface area contributed by atoms with E-state index in [1.54, 1.807) is 23.1 Å². The van der Waals surface area contributed by atoms with Crippen LogP contribution in [0, 0.1) is 5.82 Å². The molecule has 18 heavy (non-hydrogen) atoms. The number of likely N-dealkylation sites (N-methyl/N-ethyl adjacent to an activating group) is 1. The Bertz CT molecular complexity index is 459. The Labute approximate surface area is 107 Å². The van der Waals surface area contributed by atoms with E-state index in [1.165, 1.54) is 6.07 Å². The molecule has 0 atom stereocenters. The molecule has 1 aromatic carbocycles. The van der Waals surface area contributed by atoms with Gasteiger partial charge in [-0.1, -0.05) is 12.1 Å². The first-order valence-electron chi connectivity index (χ1n) is 6.17. The molecule has 0 bridgehead atoms. The molecule has 0 radical (unpaired) electrons. The number of carbonyl (C=O) groups is 1. The zero-order valence-corrected chi connectivity index (χ0v) is 11.1. The van der Waals surface area contributed by atoms with Gasteiger partial charge in [0.2, 0.25) is 0 Å². The molecular formula is C14H19FN2O. The van der Waals surface area contributed by atoms with Crippen molar-refractivity contribution in [2.75, 3.05) is 26.7 Å². The molecule has 0 saturated carbocycles. The molecule has 1 aliphatic rings. The molecule has 3 nitrogen and oxygen atoms in total. The number of benzene rings is 1. The molecule has 1 heterocycles. The van der Waals surface area contributed by atoms with Crippen molar-refractivity contribution in [1.82, 2.24) is 9.80 Å². The van der Waals surface area contributed by atoms with Crippen molar-refractivity contribution in [2.24, 2.45) is 0 Å². The van der Waals surface area contributed by atoms with Gasteiger partial charge in [-0.15, -0.1) is 0 Å². The molecule has 4 heteroatoms. The Balaban J connectivity index is 2.18. The van der Waals surface area contributed by atoms with Crippen LogP contribution in [0.15, 0.2) is 24.3 Å². The number of nitrogens with zero attached hydrogens (tertiary/aromatic N) is 2. The number of hydrogen-bond acceptors (Lipinski definition) is 2. The number of amides is 1. The summed E-state index contributed by atoms with van der Waals surface area (Å²) in [4.78, 5) is 16.2. The first kappa shape index (κ1) is 13.0. The Kier molecular flexibility index (Phi) is 3.39. The minimum absolute atomic E-state index is 0.0703. The molecule has 1 amide bonds. The normalized spacial score (nSPS) is 19.9. The van der Waals surface area contributed by atoms with Crippen LogP contribution in [0.3, 0.4) is 0 Å². The van der Waals surface area contributed by atoms with E-state index in [9.17, 15) is 9.18 Å². The first-order chi connectivity index (χ1) is 8.42. The lowest BCUT2D eigenvalue weighted by molar-refractivity contribution is 0.0308. The fourth-order valence-electron chi connectivity index (χ4n) is 2.22. The highest BCUT2D eigenvalue weighted by molar-refractivity contribution is 5.94. The van der Waals surface area contributed by atoms with E-state index in [2.05, 4.69) is 18.7 Å². The van der Waals surface area contributed by atoms with Gasteiger partial charge in [0.05, 0.1) is 5.56 Å². The van der Waals surface area contributed by atoms with Gasteiger partial charge >= 0.3 is 0 Å². The predicted octanol–water partition coefficient (Wildman–Crippen LogP) is 1.99. The van der Waals surface area contributed by atoms with Gasteiger partial charge in [-0.25, -0.2) is 4.39 Å². The maximum Gasteiger partial charge on any atom is 0.256 e. The number of hydrogen-bond donors (Lipinski definition) is 0. The molecule has 1 saturated heterocycles. The fourth-order valence-corrected chi connectivity index (χ4v) is 2.22. The predicted molar refractivity (Wildman–Crippen MR) is 69.0 cm³/mol. The van der Waals surface area contributed by atoms with Crippen molar-refractivity contribution in [2.45, 2.75) is 19.4 Å². The van der Waals surface area contributed by atoms with E-state index in [0.29, 0.717) is 13.1 Å². The fraction of sp³-hybridized carbons (Fsp3) is 0.500. The van der Waals surface area contributed by atoms with Crippen molar-refractivity contribution in [1.29, 1.82) is 0 Å². The van der Waals surface area contributed by atoms with E-state index in [0.717, 1.165) is 6.54 Å². The zero-order valence-electron chi connectivity index (χ0n) is 11.1. The van der Waals surface area contributed by atoms with E-state index < -0.39 is 5.82 Å². The van der Waals surface area contributed by atoms with Crippen LogP contribution in [0.25, 0.3) is 0 Å². The van der Waals surface area contributed by atoms with Gasteiger partial charge in [0, 0.05) is 25.2 Å². The van der Waals surface area contributed by atoms with Crippen LogP contribution in [0.4, 0.5) is 4.39 Å². The zero-order chi connectivity index (χ0) is 13.3. The number of halogens is 1. The molecule has 0 aromatic heterocycles. The van der Waals surface area contributed by atoms with Crippen LogP contribution in [0.2, 0.25) is 0 Å². The largest absolute Gasteiger partial charge is 0.335 e. The third-order valence-electron chi connectivity index (χ3n) is 3.71. The summed E-state index contributed by atoms with van der Waals surface area (Å²) in [5, 5.41) is 0. The lowest BCUT2D eigenvalue weighted by atomic mass is 9.99. The average Bonchev–Trinajstić information content (AvgIpc) is 2.32. The second kappa shape index (κ2) is 4.69. The maximum absolute atomic E-state index is 13.6. The average molecular weight is 250 g/mol. The Morgan fingerprint density at radius 2 is 1.94 bits per heavy atom. The Morgan fingerprint density at radius 1 is 1.28 bits per heavy atom. The third kappa shape index (κ3) is 2.38. The van der Waals surface area contributed by atoms with Crippen molar-refractivity contribution in [3.63, 3.8) is 0 Å². The summed E-state index contributed by atoms with van der Waals surface area (Å²) < 4.78 is 13.6. The van der Waals surface area contributed by atoms with Gasteiger partial charge in [-0.05, 0) is 33.0 Å². The van der Waals surface area contributed by atoms with Crippen LogP contribution >= 0.6 is 0 Å². The summed E-state index contributed by atoms with van der Waals surface area (Å²) in [6, 6.07) is 6.16. The maximum atomic E-state index is 13.6. The van der Waals surface area contributed by atoms with Crippen molar-refractivity contribution < 1.29 is 9.18 Å². The molecule has 0 spiro atoms. The smallest absolute Gasteiger partial charge is 0.256 e. The highest BCUT2D eigenvalue weighted by atomic mass is 19.1. The van der Waals surface area contributed by atoms with E-state index in [-0.39, 0.29) is 17.0 Å². The molecule has 98 valence electrons. The van der Waals surface area contributed by atoms with E-state index >= 15 is 0 Å². The number of piperazine rings is 1. The van der Waals surface area contributed by atoms with Gasteiger partial charge < -0.3 is 4.90 Å². The topological polar surface area (TPSA) is 23.6 Å². The van der Waals surface area contributed by atoms with Gasteiger partial charge in [0.15, 0.2) is 0 Å². The quantitative estimate of drug-likeness (QED) is 0.761. The molecule has 2 rings (SSSR count). The Morgan fingerprint density at radius 3 is 2.56 bits per heavy atom. The summed E-state index contributed by atoms with van der Waals surface area (Å²) in [5.41, 5.74) is 0.0944. The number of rotatable bonds is 1. The second-order valence-electron chi connectivity index (χ2n) is 5.44. The summed E-state index contributed by atoms with van der Waals surface area (Å²) in [5.74, 6) is -0.659. The molecular weight excluding hydrogens is 231 g/mol. The van der Waals surface area contributed by atoms with E-state index in [4.69, 9.17) is 0 Å². The van der Waals surface area contributed by atoms with Crippen LogP contribution < -0.4 is 0 Å². The monoisotopic (exact) mass is 250 g/mol. The van der Waals surface area contributed by atoms with Gasteiger partial charge in [-0.2, -0.15) is 0 Å². The van der Waals surface area contributed by atoms with Crippen molar-refractivity contribution in [3.8, 4) is 0 Å². The second-order valence-corrected chi connectivity index (χ2v) is 5.44. The van der Waals surface area contributed by atoms with E-state index in [1.807, 2.05) is 7.05 Å². The third-order valence-corrected chi connectivity index (χ3v) is 3.71. The highest BCUT2D eigenvalue weighted by Crippen LogP contribution is 2.21. The number of carbonyl (C=O) groups excluding carboxylic acids is 1. The summed E-state index contributed by atoms with van der Waals surface area (Å²) in [6.45, 7) is 6.26. The molecule has 0 N–H and O–H groups in total. The molecule has 1 aliphatic heterocycles. The summed E-state index contributed by atoms with van der Waals surface area (Å²) in [6.07, 6.45) is 0. The molecule has 1 fully saturated rings.